The van der Waals surface area contributed by atoms with E-state index >= 15 is 0 Å². The molecule has 110 valence electrons. The van der Waals surface area contributed by atoms with Gasteiger partial charge in [-0.3, -0.25) is 4.79 Å². The Balaban J connectivity index is 1.94. The topological polar surface area (TPSA) is 42.4 Å². The monoisotopic (exact) mass is 306 g/mol. The third-order valence-electron chi connectivity index (χ3n) is 3.47. The lowest BCUT2D eigenvalue weighted by Gasteiger charge is -2.30. The summed E-state index contributed by atoms with van der Waals surface area (Å²) in [5, 5.41) is 2.63. The molecule has 1 aromatic carbocycles. The average molecular weight is 306 g/mol. The molecule has 6 heteroatoms. The van der Waals surface area contributed by atoms with Crippen molar-refractivity contribution in [2.24, 2.45) is 0 Å². The first-order valence-corrected chi connectivity index (χ1v) is 7.47. The number of nitrogens with zero attached hydrogens (tertiary/aromatic N) is 2. The molecule has 3 rings (SSSR count). The molecule has 0 aliphatic carbocycles. The van der Waals surface area contributed by atoms with Crippen LogP contribution in [0.2, 0.25) is 0 Å². The molecule has 1 fully saturated rings. The van der Waals surface area contributed by atoms with Crippen molar-refractivity contribution in [1.82, 2.24) is 4.98 Å². The smallest absolute Gasteiger partial charge is 0.189 e. The summed E-state index contributed by atoms with van der Waals surface area (Å²) in [6, 6.07) is 6.20. The van der Waals surface area contributed by atoms with Gasteiger partial charge in [-0.15, -0.1) is 11.3 Å². The van der Waals surface area contributed by atoms with Crippen molar-refractivity contribution in [3.8, 4) is 11.3 Å². The second-order valence-corrected chi connectivity index (χ2v) is 6.38. The summed E-state index contributed by atoms with van der Waals surface area (Å²) >= 11 is 1.45. The Bertz CT molecular complexity index is 654. The average Bonchev–Trinajstić information content (AvgIpc) is 3.03. The van der Waals surface area contributed by atoms with Crippen molar-refractivity contribution in [3.05, 3.63) is 35.5 Å². The summed E-state index contributed by atoms with van der Waals surface area (Å²) in [5.74, 6) is -0.274. The fraction of sp³-hybridized carbons (Fsp3) is 0.333. The standard InChI is InChI=1S/C15H15FN2O2S/c1-15(2)9-20-13(7-19)18(15)14-17-12(8-21-14)10-3-5-11(16)6-4-10/h3-8,13H,9H2,1-2H3. The largest absolute Gasteiger partial charge is 0.349 e. The Morgan fingerprint density at radius 3 is 2.81 bits per heavy atom. The number of anilines is 1. The van der Waals surface area contributed by atoms with Crippen LogP contribution >= 0.6 is 11.3 Å². The Hall–Kier alpha value is -1.79. The molecule has 2 aromatic rings. The predicted molar refractivity (Wildman–Crippen MR) is 79.9 cm³/mol. The second kappa shape index (κ2) is 5.20. The van der Waals surface area contributed by atoms with Crippen LogP contribution in [0.4, 0.5) is 9.52 Å². The molecule has 1 atom stereocenters. The van der Waals surface area contributed by atoms with Gasteiger partial charge >= 0.3 is 0 Å². The van der Waals surface area contributed by atoms with Gasteiger partial charge in [0, 0.05) is 10.9 Å². The highest BCUT2D eigenvalue weighted by atomic mass is 32.1. The zero-order valence-corrected chi connectivity index (χ0v) is 12.6. The van der Waals surface area contributed by atoms with Crippen LogP contribution in [0.3, 0.4) is 0 Å². The highest BCUT2D eigenvalue weighted by Crippen LogP contribution is 2.36. The van der Waals surface area contributed by atoms with Gasteiger partial charge in [-0.2, -0.15) is 0 Å². The van der Waals surface area contributed by atoms with E-state index in [1.54, 1.807) is 12.1 Å². The molecule has 0 radical (unpaired) electrons. The summed E-state index contributed by atoms with van der Waals surface area (Å²) < 4.78 is 18.5. The van der Waals surface area contributed by atoms with E-state index in [9.17, 15) is 9.18 Å². The number of carbonyl (C=O) groups is 1. The number of halogens is 1. The summed E-state index contributed by atoms with van der Waals surface area (Å²) in [4.78, 5) is 17.6. The first-order valence-electron chi connectivity index (χ1n) is 6.59. The quantitative estimate of drug-likeness (QED) is 0.817. The molecule has 1 aliphatic rings. The summed E-state index contributed by atoms with van der Waals surface area (Å²) in [5.41, 5.74) is 1.32. The summed E-state index contributed by atoms with van der Waals surface area (Å²) in [6.45, 7) is 4.49. The number of benzene rings is 1. The molecule has 2 heterocycles. The fourth-order valence-electron chi connectivity index (χ4n) is 2.37. The summed E-state index contributed by atoms with van der Waals surface area (Å²) in [7, 11) is 0. The third-order valence-corrected chi connectivity index (χ3v) is 4.31. The van der Waals surface area contributed by atoms with Crippen molar-refractivity contribution < 1.29 is 13.9 Å². The number of rotatable bonds is 3. The van der Waals surface area contributed by atoms with Gasteiger partial charge in [0.2, 0.25) is 0 Å². The number of hydrogen-bond donors (Lipinski definition) is 0. The van der Waals surface area contributed by atoms with E-state index in [4.69, 9.17) is 4.74 Å². The fourth-order valence-corrected chi connectivity index (χ4v) is 3.40. The lowest BCUT2D eigenvalue weighted by molar-refractivity contribution is -0.115. The molecule has 21 heavy (non-hydrogen) atoms. The third kappa shape index (κ3) is 2.56. The first kappa shape index (κ1) is 14.2. The van der Waals surface area contributed by atoms with Crippen molar-refractivity contribution in [2.75, 3.05) is 11.5 Å². The van der Waals surface area contributed by atoms with Crippen molar-refractivity contribution >= 4 is 22.8 Å². The van der Waals surface area contributed by atoms with Crippen LogP contribution in [0.25, 0.3) is 11.3 Å². The molecule has 1 unspecified atom stereocenters. The van der Waals surface area contributed by atoms with Crippen molar-refractivity contribution in [2.45, 2.75) is 25.6 Å². The Morgan fingerprint density at radius 2 is 2.14 bits per heavy atom. The maximum Gasteiger partial charge on any atom is 0.189 e. The molecule has 0 bridgehead atoms. The van der Waals surface area contributed by atoms with Crippen LogP contribution in [-0.4, -0.2) is 29.6 Å². The minimum atomic E-state index is -0.604. The molecule has 0 amide bonds. The van der Waals surface area contributed by atoms with E-state index in [0.29, 0.717) is 6.61 Å². The normalized spacial score (nSPS) is 20.7. The van der Waals surface area contributed by atoms with Crippen molar-refractivity contribution in [1.29, 1.82) is 0 Å². The molecular formula is C15H15FN2O2S. The molecule has 0 saturated carbocycles. The van der Waals surface area contributed by atoms with E-state index in [1.165, 1.54) is 23.5 Å². The van der Waals surface area contributed by atoms with Crippen LogP contribution in [0.1, 0.15) is 13.8 Å². The van der Waals surface area contributed by atoms with E-state index in [-0.39, 0.29) is 11.4 Å². The minimum absolute atomic E-state index is 0.274. The molecule has 1 saturated heterocycles. The highest BCUT2D eigenvalue weighted by molar-refractivity contribution is 7.14. The zero-order valence-electron chi connectivity index (χ0n) is 11.7. The molecular weight excluding hydrogens is 291 g/mol. The van der Waals surface area contributed by atoms with Crippen LogP contribution in [0.5, 0.6) is 0 Å². The van der Waals surface area contributed by atoms with Gasteiger partial charge in [-0.1, -0.05) is 0 Å². The van der Waals surface area contributed by atoms with Gasteiger partial charge in [-0.25, -0.2) is 9.37 Å². The Labute approximate surface area is 126 Å². The molecule has 1 aromatic heterocycles. The van der Waals surface area contributed by atoms with Gasteiger partial charge in [-0.05, 0) is 38.1 Å². The number of ether oxygens (including phenoxy) is 1. The van der Waals surface area contributed by atoms with Gasteiger partial charge in [0.1, 0.15) is 5.82 Å². The zero-order chi connectivity index (χ0) is 15.0. The van der Waals surface area contributed by atoms with Crippen LogP contribution in [0, 0.1) is 5.82 Å². The number of aldehydes is 1. The van der Waals surface area contributed by atoms with Crippen LogP contribution in [0.15, 0.2) is 29.6 Å². The maximum absolute atomic E-state index is 13.0. The predicted octanol–water partition coefficient (Wildman–Crippen LogP) is 3.09. The molecule has 0 spiro atoms. The van der Waals surface area contributed by atoms with Gasteiger partial charge in [0.05, 0.1) is 17.8 Å². The lowest BCUT2D eigenvalue weighted by Crippen LogP contribution is -2.45. The number of aromatic nitrogens is 1. The maximum atomic E-state index is 13.0. The lowest BCUT2D eigenvalue weighted by atomic mass is 10.1. The van der Waals surface area contributed by atoms with Gasteiger partial charge in [0.15, 0.2) is 17.6 Å². The van der Waals surface area contributed by atoms with E-state index in [1.807, 2.05) is 24.1 Å². The number of carbonyl (C=O) groups excluding carboxylic acids is 1. The summed E-state index contributed by atoms with van der Waals surface area (Å²) in [6.07, 6.45) is 0.181. The molecule has 0 N–H and O–H groups in total. The first-order chi connectivity index (χ1) is 10.0. The second-order valence-electron chi connectivity index (χ2n) is 5.54. The van der Waals surface area contributed by atoms with Crippen LogP contribution < -0.4 is 4.90 Å². The van der Waals surface area contributed by atoms with E-state index in [2.05, 4.69) is 4.98 Å². The molecule has 4 nitrogen and oxygen atoms in total. The Kier molecular flexibility index (Phi) is 3.51. The van der Waals surface area contributed by atoms with Crippen molar-refractivity contribution in [3.63, 3.8) is 0 Å². The Morgan fingerprint density at radius 1 is 1.43 bits per heavy atom. The van der Waals surface area contributed by atoms with Gasteiger partial charge < -0.3 is 9.64 Å². The van der Waals surface area contributed by atoms with Gasteiger partial charge in [0.25, 0.3) is 0 Å². The minimum Gasteiger partial charge on any atom is -0.349 e. The van der Waals surface area contributed by atoms with E-state index < -0.39 is 6.23 Å². The number of hydrogen-bond acceptors (Lipinski definition) is 5. The molecule has 1 aliphatic heterocycles. The SMILES string of the molecule is CC1(C)COC(C=O)N1c1nc(-c2ccc(F)cc2)cs1. The number of thiazole rings is 1. The highest BCUT2D eigenvalue weighted by Gasteiger charge is 2.42. The van der Waals surface area contributed by atoms with E-state index in [0.717, 1.165) is 22.7 Å². The van der Waals surface area contributed by atoms with Crippen LogP contribution in [-0.2, 0) is 9.53 Å².